The van der Waals surface area contributed by atoms with E-state index in [1.807, 2.05) is 12.1 Å². The van der Waals surface area contributed by atoms with Crippen molar-refractivity contribution < 1.29 is 0 Å². The Kier molecular flexibility index (Phi) is 6.71. The molecule has 0 saturated heterocycles. The molecule has 2 aliphatic rings. The molecule has 8 nitrogen and oxygen atoms in total. The molecule has 0 radical (unpaired) electrons. The predicted octanol–water partition coefficient (Wildman–Crippen LogP) is 4.46. The molecule has 4 heterocycles. The number of hydrogen-bond donors (Lipinski definition) is 4. The highest BCUT2D eigenvalue weighted by Gasteiger charge is 2.23. The van der Waals surface area contributed by atoms with Gasteiger partial charge in [0.05, 0.1) is 21.8 Å². The van der Waals surface area contributed by atoms with Gasteiger partial charge in [0, 0.05) is 24.5 Å². The maximum absolute atomic E-state index is 5.83. The van der Waals surface area contributed by atoms with E-state index in [0.717, 1.165) is 35.0 Å². The molecular formula is C18H19ClI2N8. The normalized spacial score (nSPS) is 15.4. The molecule has 11 heteroatoms. The molecule has 0 atom stereocenters. The molecule has 0 spiro atoms. The van der Waals surface area contributed by atoms with Gasteiger partial charge in [-0.05, 0) is 83.0 Å². The fourth-order valence-electron chi connectivity index (χ4n) is 2.44. The number of anilines is 1. The number of nitrogens with two attached hydrogens (primary N) is 1. The zero-order chi connectivity index (χ0) is 20.4. The summed E-state index contributed by atoms with van der Waals surface area (Å²) in [6, 6.07) is 4.95. The average molecular weight is 637 g/mol. The standard InChI is InChI=1S/C9H9IN4.C6H3ClIN3.C3H7N/c10-8-7-6(13-14-8)3-4-11-9(7)12-5-1-2-5;7-5-4-3(1-2-9-5)10-11-6(4)8;4-3-1-2-3/h3-5H,1-2H2,(H,11,12)(H,13,14);1-2H,(H,10,11);3H,1-2,4H2. The number of aromatic nitrogens is 6. The molecule has 2 aliphatic carbocycles. The van der Waals surface area contributed by atoms with Crippen LogP contribution in [-0.2, 0) is 0 Å². The Morgan fingerprint density at radius 3 is 2.03 bits per heavy atom. The Morgan fingerprint density at radius 1 is 0.931 bits per heavy atom. The second kappa shape index (κ2) is 9.27. The summed E-state index contributed by atoms with van der Waals surface area (Å²) in [5.41, 5.74) is 7.06. The van der Waals surface area contributed by atoms with Gasteiger partial charge in [-0.2, -0.15) is 10.2 Å². The molecule has 0 aliphatic heterocycles. The van der Waals surface area contributed by atoms with Crippen LogP contribution in [0.2, 0.25) is 5.15 Å². The van der Waals surface area contributed by atoms with Gasteiger partial charge in [0.2, 0.25) is 0 Å². The molecule has 152 valence electrons. The Hall–Kier alpha value is -1.25. The van der Waals surface area contributed by atoms with Gasteiger partial charge in [-0.3, -0.25) is 10.2 Å². The third-order valence-electron chi connectivity index (χ3n) is 4.34. The van der Waals surface area contributed by atoms with Crippen LogP contribution in [0.1, 0.15) is 25.7 Å². The van der Waals surface area contributed by atoms with Crippen LogP contribution in [0.4, 0.5) is 5.82 Å². The van der Waals surface area contributed by atoms with Gasteiger partial charge in [-0.1, -0.05) is 11.6 Å². The van der Waals surface area contributed by atoms with Gasteiger partial charge >= 0.3 is 0 Å². The zero-order valence-corrected chi connectivity index (χ0v) is 20.4. The fourth-order valence-corrected chi connectivity index (χ4v) is 4.15. The Labute approximate surface area is 199 Å². The topological polar surface area (TPSA) is 121 Å². The number of aromatic amines is 2. The fraction of sp³-hybridized carbons (Fsp3) is 0.333. The van der Waals surface area contributed by atoms with Crippen molar-refractivity contribution in [3.8, 4) is 0 Å². The number of pyridine rings is 2. The molecule has 0 unspecified atom stereocenters. The molecule has 5 N–H and O–H groups in total. The summed E-state index contributed by atoms with van der Waals surface area (Å²) in [4.78, 5) is 8.29. The van der Waals surface area contributed by atoms with E-state index in [-0.39, 0.29) is 0 Å². The van der Waals surface area contributed by atoms with Crippen molar-refractivity contribution in [2.75, 3.05) is 5.32 Å². The van der Waals surface area contributed by atoms with E-state index in [1.54, 1.807) is 12.4 Å². The van der Waals surface area contributed by atoms with Gasteiger partial charge in [0.25, 0.3) is 0 Å². The lowest BCUT2D eigenvalue weighted by atomic mass is 10.3. The number of fused-ring (bicyclic) bond motifs is 2. The van der Waals surface area contributed by atoms with Crippen molar-refractivity contribution in [1.82, 2.24) is 30.4 Å². The molecule has 29 heavy (non-hydrogen) atoms. The Bertz CT molecular complexity index is 1120. The van der Waals surface area contributed by atoms with Crippen LogP contribution in [0.25, 0.3) is 21.8 Å². The minimum absolute atomic E-state index is 0.501. The van der Waals surface area contributed by atoms with Crippen LogP contribution in [0.5, 0.6) is 0 Å². The smallest absolute Gasteiger partial charge is 0.141 e. The minimum atomic E-state index is 0.501. The molecule has 0 amide bonds. The monoisotopic (exact) mass is 636 g/mol. The molecule has 2 saturated carbocycles. The quantitative estimate of drug-likeness (QED) is 0.191. The predicted molar refractivity (Wildman–Crippen MR) is 132 cm³/mol. The maximum atomic E-state index is 5.83. The van der Waals surface area contributed by atoms with Crippen molar-refractivity contribution in [1.29, 1.82) is 0 Å². The van der Waals surface area contributed by atoms with E-state index in [9.17, 15) is 0 Å². The highest BCUT2D eigenvalue weighted by molar-refractivity contribution is 14.1. The third kappa shape index (κ3) is 5.47. The number of nitrogens with zero attached hydrogens (tertiary/aromatic N) is 4. The SMILES string of the molecule is Clc1nccc2n[nH]c(I)c12.Ic1[nH]nc2ccnc(NC3CC3)c12.NC1CC1. The number of nitrogens with one attached hydrogen (secondary N) is 3. The lowest BCUT2D eigenvalue weighted by Crippen LogP contribution is -2.03. The van der Waals surface area contributed by atoms with Crippen LogP contribution < -0.4 is 11.1 Å². The average Bonchev–Trinajstić information content (AvgIpc) is 3.62. The summed E-state index contributed by atoms with van der Waals surface area (Å²) in [6.45, 7) is 0. The molecule has 0 aromatic carbocycles. The van der Waals surface area contributed by atoms with Crippen LogP contribution in [0, 0.1) is 7.40 Å². The lowest BCUT2D eigenvalue weighted by molar-refractivity contribution is 1.07. The van der Waals surface area contributed by atoms with E-state index in [4.69, 9.17) is 17.3 Å². The summed E-state index contributed by atoms with van der Waals surface area (Å²) in [5, 5.41) is 19.9. The first-order valence-electron chi connectivity index (χ1n) is 9.17. The Morgan fingerprint density at radius 2 is 1.48 bits per heavy atom. The van der Waals surface area contributed by atoms with Crippen LogP contribution in [0.3, 0.4) is 0 Å². The summed E-state index contributed by atoms with van der Waals surface area (Å²) >= 11 is 10.2. The highest BCUT2D eigenvalue weighted by Crippen LogP contribution is 2.29. The summed E-state index contributed by atoms with van der Waals surface area (Å²) in [5.74, 6) is 0.961. The van der Waals surface area contributed by atoms with Gasteiger partial charge in [-0.15, -0.1) is 0 Å². The second-order valence-electron chi connectivity index (χ2n) is 6.88. The molecule has 6 rings (SSSR count). The molecule has 0 bridgehead atoms. The van der Waals surface area contributed by atoms with Crippen molar-refractivity contribution >= 4 is 84.4 Å². The zero-order valence-electron chi connectivity index (χ0n) is 15.3. The summed E-state index contributed by atoms with van der Waals surface area (Å²) in [6.07, 6.45) is 8.48. The molecule has 2 fully saturated rings. The van der Waals surface area contributed by atoms with Crippen molar-refractivity contribution in [2.24, 2.45) is 5.73 Å². The largest absolute Gasteiger partial charge is 0.367 e. The van der Waals surface area contributed by atoms with Crippen LogP contribution in [-0.4, -0.2) is 42.4 Å². The lowest BCUT2D eigenvalue weighted by Gasteiger charge is -2.03. The third-order valence-corrected chi connectivity index (χ3v) is 6.19. The van der Waals surface area contributed by atoms with Crippen LogP contribution in [0.15, 0.2) is 24.5 Å². The van der Waals surface area contributed by atoms with Gasteiger partial charge in [0.15, 0.2) is 0 Å². The van der Waals surface area contributed by atoms with Crippen molar-refractivity contribution in [3.63, 3.8) is 0 Å². The van der Waals surface area contributed by atoms with E-state index in [1.165, 1.54) is 25.7 Å². The summed E-state index contributed by atoms with van der Waals surface area (Å²) in [7, 11) is 0. The number of rotatable bonds is 2. The first-order valence-corrected chi connectivity index (χ1v) is 11.7. The number of H-pyrrole nitrogens is 2. The maximum Gasteiger partial charge on any atom is 0.141 e. The number of halogens is 3. The van der Waals surface area contributed by atoms with Gasteiger partial charge < -0.3 is 11.1 Å². The Balaban J connectivity index is 0.000000121. The van der Waals surface area contributed by atoms with E-state index in [2.05, 4.69) is 80.9 Å². The summed E-state index contributed by atoms with van der Waals surface area (Å²) < 4.78 is 1.98. The first kappa shape index (κ1) is 21.0. The van der Waals surface area contributed by atoms with Crippen molar-refractivity contribution in [2.45, 2.75) is 37.8 Å². The first-order chi connectivity index (χ1) is 14.0. The molecule has 4 aromatic rings. The van der Waals surface area contributed by atoms with Gasteiger partial charge in [-0.25, -0.2) is 9.97 Å². The minimum Gasteiger partial charge on any atom is -0.367 e. The second-order valence-corrected chi connectivity index (χ2v) is 9.40. The van der Waals surface area contributed by atoms with Crippen LogP contribution >= 0.6 is 56.8 Å². The number of hydrogen-bond acceptors (Lipinski definition) is 6. The molecule has 4 aromatic heterocycles. The highest BCUT2D eigenvalue weighted by atomic mass is 127. The molecular weight excluding hydrogens is 618 g/mol. The van der Waals surface area contributed by atoms with E-state index < -0.39 is 0 Å². The van der Waals surface area contributed by atoms with Gasteiger partial charge in [0.1, 0.15) is 18.4 Å². The van der Waals surface area contributed by atoms with Crippen molar-refractivity contribution in [3.05, 3.63) is 37.1 Å². The van der Waals surface area contributed by atoms with E-state index >= 15 is 0 Å². The van der Waals surface area contributed by atoms with E-state index in [0.29, 0.717) is 17.2 Å².